The van der Waals surface area contributed by atoms with Crippen LogP contribution in [0.25, 0.3) is 0 Å². The van der Waals surface area contributed by atoms with Crippen LogP contribution in [0.2, 0.25) is 0 Å². The SMILES string of the molecule is CC(Oc1ccc(O)cc1)C(=O)N1CCN(C(=O)c2ccccc2S)CC1. The second kappa shape index (κ2) is 8.35. The third-order valence-corrected chi connectivity index (χ3v) is 4.90. The molecule has 1 aliphatic heterocycles. The van der Waals surface area contributed by atoms with Crippen LogP contribution in [0.5, 0.6) is 11.5 Å². The van der Waals surface area contributed by atoms with Gasteiger partial charge in [0.2, 0.25) is 0 Å². The zero-order valence-corrected chi connectivity index (χ0v) is 15.9. The molecule has 1 heterocycles. The second-order valence-electron chi connectivity index (χ2n) is 6.39. The molecule has 1 saturated heterocycles. The Morgan fingerprint density at radius 1 is 1.00 bits per heavy atom. The van der Waals surface area contributed by atoms with Crippen molar-refractivity contribution < 1.29 is 19.4 Å². The molecule has 0 bridgehead atoms. The van der Waals surface area contributed by atoms with Gasteiger partial charge in [0.25, 0.3) is 11.8 Å². The molecule has 0 aliphatic carbocycles. The lowest BCUT2D eigenvalue weighted by Crippen LogP contribution is -2.53. The van der Waals surface area contributed by atoms with Crippen LogP contribution in [0.15, 0.2) is 53.4 Å². The Morgan fingerprint density at radius 2 is 1.59 bits per heavy atom. The van der Waals surface area contributed by atoms with Gasteiger partial charge in [0.05, 0.1) is 5.56 Å². The molecule has 2 aromatic carbocycles. The normalized spacial score (nSPS) is 15.3. The number of rotatable bonds is 4. The molecule has 1 unspecified atom stereocenters. The van der Waals surface area contributed by atoms with E-state index in [9.17, 15) is 14.7 Å². The number of thiol groups is 1. The number of phenols is 1. The quantitative estimate of drug-likeness (QED) is 0.792. The summed E-state index contributed by atoms with van der Waals surface area (Å²) >= 11 is 4.34. The summed E-state index contributed by atoms with van der Waals surface area (Å²) in [6.07, 6.45) is -0.644. The summed E-state index contributed by atoms with van der Waals surface area (Å²) < 4.78 is 5.65. The number of piperazine rings is 1. The molecule has 2 amide bonds. The van der Waals surface area contributed by atoms with Crippen molar-refractivity contribution >= 4 is 24.4 Å². The van der Waals surface area contributed by atoms with E-state index in [2.05, 4.69) is 12.6 Å². The van der Waals surface area contributed by atoms with Crippen LogP contribution in [0.3, 0.4) is 0 Å². The second-order valence-corrected chi connectivity index (χ2v) is 6.87. The molecule has 0 spiro atoms. The average Bonchev–Trinajstić information content (AvgIpc) is 2.69. The van der Waals surface area contributed by atoms with E-state index >= 15 is 0 Å². The van der Waals surface area contributed by atoms with E-state index in [4.69, 9.17) is 4.74 Å². The standard InChI is InChI=1S/C20H22N2O4S/c1-14(26-16-8-6-15(23)7-9-16)19(24)21-10-12-22(13-11-21)20(25)17-4-2-3-5-18(17)27/h2-9,14,23,27H,10-13H2,1H3. The fourth-order valence-electron chi connectivity index (χ4n) is 2.99. The molecule has 1 fully saturated rings. The van der Waals surface area contributed by atoms with Crippen LogP contribution in [-0.2, 0) is 4.79 Å². The first-order valence-corrected chi connectivity index (χ1v) is 9.22. The number of aromatic hydroxyl groups is 1. The lowest BCUT2D eigenvalue weighted by atomic mass is 10.1. The Labute approximate surface area is 163 Å². The first-order chi connectivity index (χ1) is 13.0. The lowest BCUT2D eigenvalue weighted by Gasteiger charge is -2.36. The van der Waals surface area contributed by atoms with Gasteiger partial charge >= 0.3 is 0 Å². The third-order valence-electron chi connectivity index (χ3n) is 4.51. The summed E-state index contributed by atoms with van der Waals surface area (Å²) in [7, 11) is 0. The highest BCUT2D eigenvalue weighted by atomic mass is 32.1. The van der Waals surface area contributed by atoms with Gasteiger partial charge in [-0.25, -0.2) is 0 Å². The van der Waals surface area contributed by atoms with E-state index in [-0.39, 0.29) is 17.6 Å². The number of carbonyl (C=O) groups excluding carboxylic acids is 2. The average molecular weight is 386 g/mol. The zero-order valence-electron chi connectivity index (χ0n) is 15.0. The Hall–Kier alpha value is -2.67. The van der Waals surface area contributed by atoms with Crippen molar-refractivity contribution in [3.05, 3.63) is 54.1 Å². The Bertz CT molecular complexity index is 817. The van der Waals surface area contributed by atoms with Crippen molar-refractivity contribution in [3.63, 3.8) is 0 Å². The molecule has 0 radical (unpaired) electrons. The predicted molar refractivity (Wildman–Crippen MR) is 104 cm³/mol. The van der Waals surface area contributed by atoms with E-state index in [0.717, 1.165) is 0 Å². The van der Waals surface area contributed by atoms with E-state index in [1.54, 1.807) is 41.0 Å². The Balaban J connectivity index is 1.55. The van der Waals surface area contributed by atoms with Gasteiger partial charge in [0, 0.05) is 31.1 Å². The number of hydrogen-bond donors (Lipinski definition) is 2. The van der Waals surface area contributed by atoms with Crippen LogP contribution < -0.4 is 4.74 Å². The molecule has 1 atom stereocenters. The maximum Gasteiger partial charge on any atom is 0.263 e. The van der Waals surface area contributed by atoms with Gasteiger partial charge in [-0.2, -0.15) is 0 Å². The number of amides is 2. The van der Waals surface area contributed by atoms with E-state index in [0.29, 0.717) is 42.4 Å². The van der Waals surface area contributed by atoms with Crippen LogP contribution in [0.1, 0.15) is 17.3 Å². The van der Waals surface area contributed by atoms with Gasteiger partial charge in [-0.15, -0.1) is 12.6 Å². The number of ether oxygens (including phenoxy) is 1. The smallest absolute Gasteiger partial charge is 0.263 e. The number of benzene rings is 2. The number of carbonyl (C=O) groups is 2. The van der Waals surface area contributed by atoms with Gasteiger partial charge in [0.1, 0.15) is 11.5 Å². The molecule has 142 valence electrons. The van der Waals surface area contributed by atoms with Crippen LogP contribution in [-0.4, -0.2) is 59.0 Å². The molecule has 7 heteroatoms. The van der Waals surface area contributed by atoms with Gasteiger partial charge in [-0.1, -0.05) is 12.1 Å². The van der Waals surface area contributed by atoms with Crippen LogP contribution in [0, 0.1) is 0 Å². The minimum Gasteiger partial charge on any atom is -0.508 e. The molecule has 0 saturated carbocycles. The highest BCUT2D eigenvalue weighted by Gasteiger charge is 2.28. The molecule has 2 aromatic rings. The minimum absolute atomic E-state index is 0.0684. The van der Waals surface area contributed by atoms with Crippen molar-refractivity contribution in [2.24, 2.45) is 0 Å². The first kappa shape index (κ1) is 19.1. The Morgan fingerprint density at radius 3 is 2.22 bits per heavy atom. The maximum atomic E-state index is 12.6. The molecule has 27 heavy (non-hydrogen) atoms. The van der Waals surface area contributed by atoms with E-state index < -0.39 is 6.10 Å². The van der Waals surface area contributed by atoms with Crippen molar-refractivity contribution in [2.45, 2.75) is 17.9 Å². The fourth-order valence-corrected chi connectivity index (χ4v) is 3.25. The maximum absolute atomic E-state index is 12.6. The van der Waals surface area contributed by atoms with Crippen LogP contribution >= 0.6 is 12.6 Å². The monoisotopic (exact) mass is 386 g/mol. The highest BCUT2D eigenvalue weighted by molar-refractivity contribution is 7.80. The third kappa shape index (κ3) is 4.54. The van der Waals surface area contributed by atoms with E-state index in [1.807, 2.05) is 12.1 Å². The molecule has 1 aliphatic rings. The van der Waals surface area contributed by atoms with Crippen molar-refractivity contribution in [1.82, 2.24) is 9.80 Å². The highest BCUT2D eigenvalue weighted by Crippen LogP contribution is 2.19. The molecular formula is C20H22N2O4S. The fraction of sp³-hybridized carbons (Fsp3) is 0.300. The first-order valence-electron chi connectivity index (χ1n) is 8.77. The van der Waals surface area contributed by atoms with Gasteiger partial charge < -0.3 is 19.6 Å². The summed E-state index contributed by atoms with van der Waals surface area (Å²) in [5, 5.41) is 9.31. The number of hydrogen-bond acceptors (Lipinski definition) is 5. The summed E-state index contributed by atoms with van der Waals surface area (Å²) in [5.41, 5.74) is 0.574. The summed E-state index contributed by atoms with van der Waals surface area (Å²) in [5.74, 6) is 0.476. The minimum atomic E-state index is -0.644. The topological polar surface area (TPSA) is 70.1 Å². The molecule has 6 nitrogen and oxygen atoms in total. The Kier molecular flexibility index (Phi) is 5.91. The van der Waals surface area contributed by atoms with Gasteiger partial charge in [0.15, 0.2) is 6.10 Å². The molecule has 0 aromatic heterocycles. The van der Waals surface area contributed by atoms with Crippen LogP contribution in [0.4, 0.5) is 0 Å². The molecule has 1 N–H and O–H groups in total. The van der Waals surface area contributed by atoms with Crippen molar-refractivity contribution in [1.29, 1.82) is 0 Å². The van der Waals surface area contributed by atoms with Gasteiger partial charge in [-0.05, 0) is 43.3 Å². The number of nitrogens with zero attached hydrogens (tertiary/aromatic N) is 2. The molecular weight excluding hydrogens is 364 g/mol. The van der Waals surface area contributed by atoms with E-state index in [1.165, 1.54) is 12.1 Å². The van der Waals surface area contributed by atoms with Gasteiger partial charge in [-0.3, -0.25) is 9.59 Å². The molecule has 3 rings (SSSR count). The zero-order chi connectivity index (χ0) is 19.4. The predicted octanol–water partition coefficient (Wildman–Crippen LogP) is 2.43. The summed E-state index contributed by atoms with van der Waals surface area (Å²) in [6, 6.07) is 13.5. The van der Waals surface area contributed by atoms with Crippen molar-refractivity contribution in [2.75, 3.05) is 26.2 Å². The summed E-state index contributed by atoms with van der Waals surface area (Å²) in [6.45, 7) is 3.56. The largest absolute Gasteiger partial charge is 0.508 e. The lowest BCUT2D eigenvalue weighted by molar-refractivity contribution is -0.139. The number of phenolic OH excluding ortho intramolecular Hbond substituents is 1. The summed E-state index contributed by atoms with van der Waals surface area (Å²) in [4.78, 5) is 29.3. The van der Waals surface area contributed by atoms with Crippen molar-refractivity contribution in [3.8, 4) is 11.5 Å².